The van der Waals surface area contributed by atoms with Crippen molar-refractivity contribution in [2.75, 3.05) is 18.5 Å². The van der Waals surface area contributed by atoms with E-state index in [-0.39, 0.29) is 11.8 Å². The van der Waals surface area contributed by atoms with Crippen molar-refractivity contribution in [2.45, 2.75) is 19.6 Å². The Morgan fingerprint density at radius 2 is 1.55 bits per heavy atom. The minimum absolute atomic E-state index is 0.126. The van der Waals surface area contributed by atoms with Crippen molar-refractivity contribution < 1.29 is 14.3 Å². The minimum atomic E-state index is -0.622. The Labute approximate surface area is 182 Å². The average molecular weight is 415 g/mol. The van der Waals surface area contributed by atoms with Crippen LogP contribution < -0.4 is 9.64 Å². The molecule has 2 amide bonds. The van der Waals surface area contributed by atoms with Crippen molar-refractivity contribution in [3.63, 3.8) is 0 Å². The second kappa shape index (κ2) is 9.47. The van der Waals surface area contributed by atoms with Gasteiger partial charge in [0.25, 0.3) is 0 Å². The first-order valence-corrected chi connectivity index (χ1v) is 10.5. The largest absolute Gasteiger partial charge is 0.489 e. The zero-order chi connectivity index (χ0) is 21.6. The van der Waals surface area contributed by atoms with Crippen LogP contribution in [-0.4, -0.2) is 30.3 Å². The molecule has 1 heterocycles. The van der Waals surface area contributed by atoms with Gasteiger partial charge < -0.3 is 14.5 Å². The molecule has 0 aliphatic carbocycles. The fourth-order valence-electron chi connectivity index (χ4n) is 3.83. The zero-order valence-electron chi connectivity index (χ0n) is 17.6. The Kier molecular flexibility index (Phi) is 6.32. The van der Waals surface area contributed by atoms with Gasteiger partial charge in [0.1, 0.15) is 18.3 Å². The van der Waals surface area contributed by atoms with Gasteiger partial charge in [-0.05, 0) is 41.8 Å². The Balaban J connectivity index is 1.35. The number of hydrogen-bond donors (Lipinski definition) is 0. The third kappa shape index (κ3) is 4.94. The molecule has 1 atom stereocenters. The van der Waals surface area contributed by atoms with Crippen LogP contribution in [0.5, 0.6) is 5.75 Å². The number of benzene rings is 3. The lowest BCUT2D eigenvalue weighted by atomic mass is 10.1. The summed E-state index contributed by atoms with van der Waals surface area (Å²) in [6, 6.07) is 27.2. The number of nitrogens with zero attached hydrogens (tertiary/aromatic N) is 2. The Bertz CT molecular complexity index is 1020. The molecule has 0 radical (unpaired) electrons. The second-order valence-electron chi connectivity index (χ2n) is 7.78. The molecule has 0 saturated carbocycles. The lowest BCUT2D eigenvalue weighted by Gasteiger charge is -2.21. The third-order valence-electron chi connectivity index (χ3n) is 5.54. The molecule has 0 spiro atoms. The summed E-state index contributed by atoms with van der Waals surface area (Å²) in [5.74, 6) is -0.140. The number of ether oxygens (including phenoxy) is 1. The van der Waals surface area contributed by atoms with Gasteiger partial charge in [-0.25, -0.2) is 0 Å². The van der Waals surface area contributed by atoms with Crippen LogP contribution in [0.4, 0.5) is 5.69 Å². The first kappa shape index (κ1) is 20.7. The molecule has 5 heteroatoms. The lowest BCUT2D eigenvalue weighted by molar-refractivity contribution is -0.139. The van der Waals surface area contributed by atoms with Gasteiger partial charge in [0.2, 0.25) is 11.8 Å². The van der Waals surface area contributed by atoms with Crippen LogP contribution >= 0.6 is 0 Å². The quantitative estimate of drug-likeness (QED) is 0.543. The molecule has 3 aromatic carbocycles. The van der Waals surface area contributed by atoms with E-state index in [4.69, 9.17) is 4.74 Å². The van der Waals surface area contributed by atoms with Crippen molar-refractivity contribution in [1.82, 2.24) is 4.90 Å². The van der Waals surface area contributed by atoms with E-state index in [2.05, 4.69) is 0 Å². The monoisotopic (exact) mass is 414 g/mol. The van der Waals surface area contributed by atoms with E-state index in [1.165, 1.54) is 0 Å². The standard InChI is InChI=1S/C26H26N2O3/c1-27(18-20-8-4-2-5-9-20)25(29)24-16-17-28(26(24)30)22-12-14-23(15-13-22)31-19-21-10-6-3-7-11-21/h2-15,24H,16-19H2,1H3/t24-/m0/s1. The minimum Gasteiger partial charge on any atom is -0.489 e. The maximum Gasteiger partial charge on any atom is 0.239 e. The van der Waals surface area contributed by atoms with Gasteiger partial charge in [0.15, 0.2) is 0 Å². The van der Waals surface area contributed by atoms with E-state index in [1.807, 2.05) is 84.9 Å². The van der Waals surface area contributed by atoms with Crippen LogP contribution in [-0.2, 0) is 22.7 Å². The average Bonchev–Trinajstić information content (AvgIpc) is 3.20. The fourth-order valence-corrected chi connectivity index (χ4v) is 3.83. The number of rotatable bonds is 7. The lowest BCUT2D eigenvalue weighted by Crippen LogP contribution is -2.37. The molecule has 1 saturated heterocycles. The highest BCUT2D eigenvalue weighted by molar-refractivity contribution is 6.09. The molecule has 1 aliphatic heterocycles. The molecular weight excluding hydrogens is 388 g/mol. The van der Waals surface area contributed by atoms with Gasteiger partial charge in [0, 0.05) is 25.8 Å². The van der Waals surface area contributed by atoms with E-state index >= 15 is 0 Å². The summed E-state index contributed by atoms with van der Waals surface area (Å²) >= 11 is 0. The molecule has 0 aromatic heterocycles. The Hall–Kier alpha value is -3.60. The third-order valence-corrected chi connectivity index (χ3v) is 5.54. The summed E-state index contributed by atoms with van der Waals surface area (Å²) in [6.45, 7) is 1.53. The first-order chi connectivity index (χ1) is 15.1. The highest BCUT2D eigenvalue weighted by atomic mass is 16.5. The predicted octanol–water partition coefficient (Wildman–Crippen LogP) is 4.28. The zero-order valence-corrected chi connectivity index (χ0v) is 17.6. The van der Waals surface area contributed by atoms with Gasteiger partial charge in [-0.1, -0.05) is 60.7 Å². The number of hydrogen-bond acceptors (Lipinski definition) is 3. The summed E-state index contributed by atoms with van der Waals surface area (Å²) in [5.41, 5.74) is 2.94. The summed E-state index contributed by atoms with van der Waals surface area (Å²) in [4.78, 5) is 29.2. The van der Waals surface area contributed by atoms with Gasteiger partial charge in [-0.3, -0.25) is 9.59 Å². The Morgan fingerprint density at radius 3 is 2.19 bits per heavy atom. The summed E-state index contributed by atoms with van der Waals surface area (Å²) in [6.07, 6.45) is 0.531. The van der Waals surface area contributed by atoms with Crippen LogP contribution in [0.15, 0.2) is 84.9 Å². The van der Waals surface area contributed by atoms with Crippen LogP contribution in [0.1, 0.15) is 17.5 Å². The molecule has 1 aliphatic rings. The molecule has 5 nitrogen and oxygen atoms in total. The SMILES string of the molecule is CN(Cc1ccccc1)C(=O)[C@@H]1CCN(c2ccc(OCc3ccccc3)cc2)C1=O. The van der Waals surface area contributed by atoms with Gasteiger partial charge in [0.05, 0.1) is 0 Å². The second-order valence-corrected chi connectivity index (χ2v) is 7.78. The van der Waals surface area contributed by atoms with Crippen molar-refractivity contribution in [1.29, 1.82) is 0 Å². The molecule has 31 heavy (non-hydrogen) atoms. The Morgan fingerprint density at radius 1 is 0.935 bits per heavy atom. The summed E-state index contributed by atoms with van der Waals surface area (Å²) in [5, 5.41) is 0. The molecule has 1 fully saturated rings. The summed E-state index contributed by atoms with van der Waals surface area (Å²) < 4.78 is 5.82. The topological polar surface area (TPSA) is 49.9 Å². The number of carbonyl (C=O) groups excluding carboxylic acids is 2. The molecule has 158 valence electrons. The highest BCUT2D eigenvalue weighted by Gasteiger charge is 2.38. The van der Waals surface area contributed by atoms with E-state index in [0.29, 0.717) is 26.1 Å². The number of anilines is 1. The smallest absolute Gasteiger partial charge is 0.239 e. The van der Waals surface area contributed by atoms with Crippen molar-refractivity contribution in [3.8, 4) is 5.75 Å². The van der Waals surface area contributed by atoms with E-state index in [1.54, 1.807) is 16.8 Å². The maximum absolute atomic E-state index is 12.9. The molecule has 0 N–H and O–H groups in total. The van der Waals surface area contributed by atoms with E-state index < -0.39 is 5.92 Å². The van der Waals surface area contributed by atoms with Crippen LogP contribution in [0.2, 0.25) is 0 Å². The molecule has 0 unspecified atom stereocenters. The first-order valence-electron chi connectivity index (χ1n) is 10.5. The number of carbonyl (C=O) groups is 2. The van der Waals surface area contributed by atoms with Crippen LogP contribution in [0, 0.1) is 5.92 Å². The van der Waals surface area contributed by atoms with Gasteiger partial charge in [-0.15, -0.1) is 0 Å². The van der Waals surface area contributed by atoms with Crippen molar-refractivity contribution in [2.24, 2.45) is 5.92 Å². The summed E-state index contributed by atoms with van der Waals surface area (Å²) in [7, 11) is 1.75. The van der Waals surface area contributed by atoms with E-state index in [0.717, 1.165) is 22.6 Å². The fraction of sp³-hybridized carbons (Fsp3) is 0.231. The maximum atomic E-state index is 12.9. The molecule has 4 rings (SSSR count). The van der Waals surface area contributed by atoms with Gasteiger partial charge >= 0.3 is 0 Å². The van der Waals surface area contributed by atoms with Crippen LogP contribution in [0.3, 0.4) is 0 Å². The van der Waals surface area contributed by atoms with Crippen LogP contribution in [0.25, 0.3) is 0 Å². The van der Waals surface area contributed by atoms with Crippen molar-refractivity contribution >= 4 is 17.5 Å². The molecule has 0 bridgehead atoms. The van der Waals surface area contributed by atoms with E-state index in [9.17, 15) is 9.59 Å². The predicted molar refractivity (Wildman–Crippen MR) is 121 cm³/mol. The molecular formula is C26H26N2O3. The number of amides is 2. The van der Waals surface area contributed by atoms with Crippen molar-refractivity contribution in [3.05, 3.63) is 96.1 Å². The normalized spacial score (nSPS) is 15.7. The molecule has 3 aromatic rings. The highest BCUT2D eigenvalue weighted by Crippen LogP contribution is 2.28. The van der Waals surface area contributed by atoms with Gasteiger partial charge in [-0.2, -0.15) is 0 Å².